The Hall–Kier alpha value is -3.21. The molecule has 0 saturated heterocycles. The number of unbranched alkanes of at least 4 members (excludes halogenated alkanes) is 6. The van der Waals surface area contributed by atoms with E-state index in [2.05, 4.69) is 58.2 Å². The van der Waals surface area contributed by atoms with Crippen LogP contribution >= 0.6 is 0 Å². The Labute approximate surface area is 204 Å². The molecule has 34 heavy (non-hydrogen) atoms. The van der Waals surface area contributed by atoms with Crippen LogP contribution in [0.4, 0.5) is 0 Å². The van der Waals surface area contributed by atoms with Gasteiger partial charge in [0.1, 0.15) is 30.9 Å². The lowest BCUT2D eigenvalue weighted by atomic mass is 10.2. The predicted molar refractivity (Wildman–Crippen MR) is 133 cm³/mol. The Morgan fingerprint density at radius 1 is 0.559 bits per heavy atom. The zero-order chi connectivity index (χ0) is 23.7. The molecule has 3 rings (SSSR count). The van der Waals surface area contributed by atoms with Crippen molar-refractivity contribution < 1.29 is 23.4 Å². The van der Waals surface area contributed by atoms with Crippen molar-refractivity contribution >= 4 is 6.29 Å². The summed E-state index contributed by atoms with van der Waals surface area (Å²) in [6.45, 7) is 3.41. The molecule has 0 aliphatic carbocycles. The Morgan fingerprint density at radius 3 is 1.44 bits per heavy atom. The van der Waals surface area contributed by atoms with Gasteiger partial charge in [-0.05, 0) is 50.7 Å². The van der Waals surface area contributed by atoms with Gasteiger partial charge in [-0.2, -0.15) is 0 Å². The van der Waals surface area contributed by atoms with Crippen LogP contribution in [-0.4, -0.2) is 19.5 Å². The van der Waals surface area contributed by atoms with Gasteiger partial charge in [-0.15, -0.1) is 0 Å². The van der Waals surface area contributed by atoms with E-state index in [9.17, 15) is 4.79 Å². The first-order valence-corrected chi connectivity index (χ1v) is 12.6. The molecule has 2 aromatic heterocycles. The summed E-state index contributed by atoms with van der Waals surface area (Å²) >= 11 is 0. The molecule has 0 aliphatic rings. The largest absolute Gasteiger partial charge is 0.493 e. The van der Waals surface area contributed by atoms with E-state index in [1.165, 1.54) is 25.7 Å². The topological polar surface area (TPSA) is 43.3 Å². The number of carbonyl (C=O) groups excluding carboxylic acids is 1. The first-order chi connectivity index (χ1) is 16.8. The summed E-state index contributed by atoms with van der Waals surface area (Å²) in [5, 5.41) is 0. The number of nitrogens with zero attached hydrogens (tertiary/aromatic N) is 2. The fourth-order valence-corrected chi connectivity index (χ4v) is 3.88. The minimum Gasteiger partial charge on any atom is -0.493 e. The van der Waals surface area contributed by atoms with Crippen molar-refractivity contribution in [2.75, 3.05) is 13.2 Å². The van der Waals surface area contributed by atoms with Crippen molar-refractivity contribution in [1.29, 1.82) is 0 Å². The van der Waals surface area contributed by atoms with Crippen LogP contribution in [0.5, 0.6) is 11.5 Å². The fourth-order valence-electron chi connectivity index (χ4n) is 3.88. The van der Waals surface area contributed by atoms with Crippen LogP contribution in [-0.2, 0) is 13.1 Å². The van der Waals surface area contributed by atoms with E-state index < -0.39 is 0 Å². The molecule has 0 unspecified atom stereocenters. The molecule has 0 fully saturated rings. The number of aromatic nitrogens is 2. The number of rotatable bonds is 17. The molecule has 3 aromatic rings. The molecule has 1 aromatic carbocycles. The van der Waals surface area contributed by atoms with E-state index >= 15 is 0 Å². The van der Waals surface area contributed by atoms with Crippen LogP contribution in [0.2, 0.25) is 0 Å². The Bertz CT molecular complexity index is 876. The van der Waals surface area contributed by atoms with E-state index in [0.717, 1.165) is 45.1 Å². The lowest BCUT2D eigenvalue weighted by Crippen LogP contribution is -2.32. The molecular weight excluding hydrogens is 424 g/mol. The number of hydrogen-bond acceptors (Lipinski definition) is 3. The average Bonchev–Trinajstić information content (AvgIpc) is 2.88. The first-order valence-electron chi connectivity index (χ1n) is 12.6. The molecule has 0 amide bonds. The molecule has 0 N–H and O–H groups in total. The third-order valence-electron chi connectivity index (χ3n) is 5.75. The maximum Gasteiger partial charge on any atom is 0.168 e. The zero-order valence-corrected chi connectivity index (χ0v) is 20.2. The Morgan fingerprint density at radius 2 is 1.00 bits per heavy atom. The van der Waals surface area contributed by atoms with Gasteiger partial charge in [0.05, 0.1) is 13.2 Å². The van der Waals surface area contributed by atoms with Crippen LogP contribution in [0.3, 0.4) is 0 Å². The van der Waals surface area contributed by atoms with Gasteiger partial charge >= 0.3 is 0 Å². The molecular formula is C29H38N2O3+2. The first kappa shape index (κ1) is 25.4. The summed E-state index contributed by atoms with van der Waals surface area (Å²) in [5.41, 5.74) is 0.590. The van der Waals surface area contributed by atoms with Crippen LogP contribution in [0.1, 0.15) is 61.7 Å². The highest BCUT2D eigenvalue weighted by Gasteiger charge is 2.04. The molecule has 5 heteroatoms. The number of ether oxygens (including phenoxy) is 2. The normalized spacial score (nSPS) is 10.7. The number of benzene rings is 1. The van der Waals surface area contributed by atoms with E-state index in [0.29, 0.717) is 30.3 Å². The SMILES string of the molecule is O=Cc1cc(OCCCCCC[n+]2ccccc2)cc(OCCCCCC[n+]2ccccc2)c1. The molecule has 0 atom stereocenters. The molecule has 2 heterocycles. The Kier molecular flexibility index (Phi) is 11.7. The second-order valence-electron chi connectivity index (χ2n) is 8.61. The standard InChI is InChI=1S/C29H38N2O3/c32-26-27-23-28(33-21-13-3-1-7-15-30-17-9-5-10-18-30)25-29(24-27)34-22-14-4-2-8-16-31-19-11-6-12-20-31/h5-6,9-12,17-20,23-26H,1-4,7-8,13-16,21-22H2/q+2. The van der Waals surface area contributed by atoms with Crippen molar-refractivity contribution in [3.05, 3.63) is 84.9 Å². The summed E-state index contributed by atoms with van der Waals surface area (Å²) < 4.78 is 16.2. The monoisotopic (exact) mass is 462 g/mol. The van der Waals surface area contributed by atoms with Gasteiger partial charge in [0.2, 0.25) is 0 Å². The summed E-state index contributed by atoms with van der Waals surface area (Å²) in [6.07, 6.45) is 18.2. The maximum absolute atomic E-state index is 11.3. The van der Waals surface area contributed by atoms with E-state index in [-0.39, 0.29) is 0 Å². The van der Waals surface area contributed by atoms with E-state index in [1.54, 1.807) is 12.1 Å². The Balaban J connectivity index is 1.27. The number of carbonyl (C=O) groups is 1. The lowest BCUT2D eigenvalue weighted by molar-refractivity contribution is -0.697. The van der Waals surface area contributed by atoms with Crippen molar-refractivity contribution in [3.8, 4) is 11.5 Å². The summed E-state index contributed by atoms with van der Waals surface area (Å²) in [7, 11) is 0. The minimum absolute atomic E-state index is 0.590. The van der Waals surface area contributed by atoms with Crippen LogP contribution in [0.15, 0.2) is 79.4 Å². The number of aryl methyl sites for hydroxylation is 2. The van der Waals surface area contributed by atoms with Gasteiger partial charge in [0.25, 0.3) is 0 Å². The molecule has 0 spiro atoms. The van der Waals surface area contributed by atoms with Crippen LogP contribution in [0.25, 0.3) is 0 Å². The number of aldehydes is 1. The van der Waals surface area contributed by atoms with Crippen LogP contribution in [0, 0.1) is 0 Å². The van der Waals surface area contributed by atoms with Crippen molar-refractivity contribution in [2.24, 2.45) is 0 Å². The number of pyridine rings is 2. The van der Waals surface area contributed by atoms with Gasteiger partial charge in [-0.25, -0.2) is 9.13 Å². The van der Waals surface area contributed by atoms with Crippen molar-refractivity contribution in [1.82, 2.24) is 0 Å². The fraction of sp³-hybridized carbons (Fsp3) is 0.414. The summed E-state index contributed by atoms with van der Waals surface area (Å²) in [4.78, 5) is 11.3. The van der Waals surface area contributed by atoms with Gasteiger partial charge in [-0.1, -0.05) is 12.1 Å². The lowest BCUT2D eigenvalue weighted by Gasteiger charge is -2.11. The highest BCUT2D eigenvalue weighted by Crippen LogP contribution is 2.23. The summed E-state index contributed by atoms with van der Waals surface area (Å²) in [5.74, 6) is 1.42. The van der Waals surface area contributed by atoms with Gasteiger partial charge < -0.3 is 9.47 Å². The zero-order valence-electron chi connectivity index (χ0n) is 20.2. The van der Waals surface area contributed by atoms with Gasteiger partial charge in [-0.3, -0.25) is 4.79 Å². The van der Waals surface area contributed by atoms with Gasteiger partial charge in [0.15, 0.2) is 24.8 Å². The molecule has 0 bridgehead atoms. The quantitative estimate of drug-likeness (QED) is 0.154. The molecule has 0 saturated carbocycles. The van der Waals surface area contributed by atoms with E-state index in [4.69, 9.17) is 9.47 Å². The van der Waals surface area contributed by atoms with Gasteiger partial charge in [0, 0.05) is 48.7 Å². The van der Waals surface area contributed by atoms with E-state index in [1.807, 2.05) is 18.2 Å². The second kappa shape index (κ2) is 15.6. The predicted octanol–water partition coefficient (Wildman–Crippen LogP) is 5.35. The highest BCUT2D eigenvalue weighted by atomic mass is 16.5. The highest BCUT2D eigenvalue weighted by molar-refractivity contribution is 5.76. The number of hydrogen-bond donors (Lipinski definition) is 0. The second-order valence-corrected chi connectivity index (χ2v) is 8.61. The third-order valence-corrected chi connectivity index (χ3v) is 5.75. The molecule has 5 nitrogen and oxygen atoms in total. The van der Waals surface area contributed by atoms with Crippen LogP contribution < -0.4 is 18.6 Å². The maximum atomic E-state index is 11.3. The van der Waals surface area contributed by atoms with Crippen molar-refractivity contribution in [3.63, 3.8) is 0 Å². The smallest absolute Gasteiger partial charge is 0.168 e. The minimum atomic E-state index is 0.590. The average molecular weight is 463 g/mol. The third kappa shape index (κ3) is 10.2. The van der Waals surface area contributed by atoms with Crippen molar-refractivity contribution in [2.45, 2.75) is 64.5 Å². The molecule has 0 radical (unpaired) electrons. The molecule has 180 valence electrons. The summed E-state index contributed by atoms with van der Waals surface area (Å²) in [6, 6.07) is 17.8. The molecule has 0 aliphatic heterocycles.